The number of hydrogen-bond acceptors (Lipinski definition) is 1. The van der Waals surface area contributed by atoms with Gasteiger partial charge in [0.15, 0.2) is 16.8 Å². The Morgan fingerprint density at radius 3 is 2.25 bits per heavy atom. The van der Waals surface area contributed by atoms with E-state index in [0.29, 0.717) is 6.07 Å². The SMILES string of the molecule is Cc1nc(Cl)c(-c2c(F)ccc(F)c2F)n1-c1ccc(Cl)c(F)c1. The lowest BCUT2D eigenvalue weighted by Crippen LogP contribution is -2.04. The minimum Gasteiger partial charge on any atom is -0.295 e. The van der Waals surface area contributed by atoms with Crippen LogP contribution in [0.25, 0.3) is 16.9 Å². The van der Waals surface area contributed by atoms with E-state index in [1.807, 2.05) is 0 Å². The normalized spacial score (nSPS) is 11.1. The van der Waals surface area contributed by atoms with Crippen molar-refractivity contribution >= 4 is 23.2 Å². The maximum Gasteiger partial charge on any atom is 0.171 e. The summed E-state index contributed by atoms with van der Waals surface area (Å²) < 4.78 is 56.8. The Bertz CT molecular complexity index is 954. The van der Waals surface area contributed by atoms with Crippen LogP contribution in [0.5, 0.6) is 0 Å². The van der Waals surface area contributed by atoms with Crippen molar-refractivity contribution in [3.05, 3.63) is 69.6 Å². The van der Waals surface area contributed by atoms with E-state index in [9.17, 15) is 17.6 Å². The first kappa shape index (κ1) is 16.8. The van der Waals surface area contributed by atoms with E-state index in [4.69, 9.17) is 23.2 Å². The number of halogens is 6. The molecule has 0 aliphatic rings. The molecule has 124 valence electrons. The van der Waals surface area contributed by atoms with E-state index in [1.165, 1.54) is 23.6 Å². The van der Waals surface area contributed by atoms with Crippen molar-refractivity contribution in [1.82, 2.24) is 9.55 Å². The van der Waals surface area contributed by atoms with Crippen LogP contribution in [0.2, 0.25) is 10.2 Å². The summed E-state index contributed by atoms with van der Waals surface area (Å²) in [5.74, 6) is -4.17. The van der Waals surface area contributed by atoms with Gasteiger partial charge in [-0.1, -0.05) is 23.2 Å². The van der Waals surface area contributed by atoms with Crippen LogP contribution in [0.1, 0.15) is 5.82 Å². The molecule has 8 heteroatoms. The second-order valence-electron chi connectivity index (χ2n) is 4.95. The van der Waals surface area contributed by atoms with Gasteiger partial charge in [0.2, 0.25) is 0 Å². The second kappa shape index (κ2) is 6.11. The molecule has 0 radical (unpaired) electrons. The molecule has 0 amide bonds. The third kappa shape index (κ3) is 2.65. The van der Waals surface area contributed by atoms with Crippen molar-refractivity contribution in [2.24, 2.45) is 0 Å². The summed E-state index contributed by atoms with van der Waals surface area (Å²) in [6.07, 6.45) is 0. The average Bonchev–Trinajstić information content (AvgIpc) is 2.81. The van der Waals surface area contributed by atoms with Gasteiger partial charge in [0.25, 0.3) is 0 Å². The fourth-order valence-electron chi connectivity index (χ4n) is 2.40. The van der Waals surface area contributed by atoms with Crippen molar-refractivity contribution in [2.75, 3.05) is 0 Å². The lowest BCUT2D eigenvalue weighted by molar-refractivity contribution is 0.498. The number of nitrogens with zero attached hydrogens (tertiary/aromatic N) is 2. The molecule has 24 heavy (non-hydrogen) atoms. The van der Waals surface area contributed by atoms with E-state index < -0.39 is 28.8 Å². The first-order valence-corrected chi connectivity index (χ1v) is 7.41. The summed E-state index contributed by atoms with van der Waals surface area (Å²) >= 11 is 11.6. The maximum atomic E-state index is 14.2. The van der Waals surface area contributed by atoms with E-state index in [-0.39, 0.29) is 27.4 Å². The van der Waals surface area contributed by atoms with Gasteiger partial charge in [0, 0.05) is 0 Å². The zero-order valence-corrected chi connectivity index (χ0v) is 13.6. The van der Waals surface area contributed by atoms with E-state index in [1.54, 1.807) is 0 Å². The van der Waals surface area contributed by atoms with Crippen molar-refractivity contribution in [3.63, 3.8) is 0 Å². The second-order valence-corrected chi connectivity index (χ2v) is 5.72. The molecule has 0 bridgehead atoms. The molecule has 2 aromatic carbocycles. The third-order valence-corrected chi connectivity index (χ3v) is 4.01. The van der Waals surface area contributed by atoms with E-state index >= 15 is 0 Å². The molecule has 2 nitrogen and oxygen atoms in total. The monoisotopic (exact) mass is 374 g/mol. The Morgan fingerprint density at radius 2 is 1.58 bits per heavy atom. The highest BCUT2D eigenvalue weighted by Gasteiger charge is 2.25. The van der Waals surface area contributed by atoms with Gasteiger partial charge >= 0.3 is 0 Å². The molecule has 0 saturated carbocycles. The highest BCUT2D eigenvalue weighted by molar-refractivity contribution is 6.32. The van der Waals surface area contributed by atoms with E-state index in [2.05, 4.69) is 4.98 Å². The van der Waals surface area contributed by atoms with Gasteiger partial charge in [-0.05, 0) is 37.3 Å². The number of aromatic nitrogens is 2. The Balaban J connectivity index is 2.36. The largest absolute Gasteiger partial charge is 0.295 e. The fourth-order valence-corrected chi connectivity index (χ4v) is 2.82. The van der Waals surface area contributed by atoms with Crippen LogP contribution in [0.15, 0.2) is 30.3 Å². The lowest BCUT2D eigenvalue weighted by Gasteiger charge is -2.13. The number of hydrogen-bond donors (Lipinski definition) is 0. The van der Waals surface area contributed by atoms with Crippen LogP contribution in [0.4, 0.5) is 17.6 Å². The lowest BCUT2D eigenvalue weighted by atomic mass is 10.1. The van der Waals surface area contributed by atoms with Crippen LogP contribution < -0.4 is 0 Å². The molecular formula is C16H8Cl2F4N2. The molecule has 3 rings (SSSR count). The fraction of sp³-hybridized carbons (Fsp3) is 0.0625. The zero-order valence-electron chi connectivity index (χ0n) is 12.0. The van der Waals surface area contributed by atoms with Crippen molar-refractivity contribution < 1.29 is 17.6 Å². The highest BCUT2D eigenvalue weighted by atomic mass is 35.5. The number of aryl methyl sites for hydroxylation is 1. The molecular weight excluding hydrogens is 367 g/mol. The molecule has 0 aliphatic carbocycles. The molecule has 0 unspecified atom stereocenters. The first-order chi connectivity index (χ1) is 11.3. The van der Waals surface area contributed by atoms with Gasteiger partial charge in [0.05, 0.1) is 22.0 Å². The summed E-state index contributed by atoms with van der Waals surface area (Å²) in [6.45, 7) is 1.51. The molecule has 3 aromatic rings. The number of benzene rings is 2. The quantitative estimate of drug-likeness (QED) is 0.414. The maximum absolute atomic E-state index is 14.2. The van der Waals surface area contributed by atoms with Crippen LogP contribution >= 0.6 is 23.2 Å². The van der Waals surface area contributed by atoms with Crippen molar-refractivity contribution in [1.29, 1.82) is 0 Å². The minimum absolute atomic E-state index is 0.118. The molecule has 0 saturated heterocycles. The predicted octanol–water partition coefficient (Wildman–Crippen LogP) is 5.71. The summed E-state index contributed by atoms with van der Waals surface area (Å²) in [6, 6.07) is 5.21. The number of rotatable bonds is 2. The molecule has 1 aromatic heterocycles. The molecule has 0 N–H and O–H groups in total. The Labute approximate surface area is 144 Å². The highest BCUT2D eigenvalue weighted by Crippen LogP contribution is 2.36. The minimum atomic E-state index is -1.41. The first-order valence-electron chi connectivity index (χ1n) is 6.65. The molecule has 1 heterocycles. The average molecular weight is 375 g/mol. The smallest absolute Gasteiger partial charge is 0.171 e. The summed E-state index contributed by atoms with van der Waals surface area (Å²) in [7, 11) is 0. The van der Waals surface area contributed by atoms with Crippen LogP contribution in [-0.4, -0.2) is 9.55 Å². The van der Waals surface area contributed by atoms with Gasteiger partial charge < -0.3 is 0 Å². The van der Waals surface area contributed by atoms with Gasteiger partial charge in [-0.2, -0.15) is 0 Å². The van der Waals surface area contributed by atoms with Crippen molar-refractivity contribution in [2.45, 2.75) is 6.92 Å². The molecule has 0 spiro atoms. The molecule has 0 aliphatic heterocycles. The van der Waals surface area contributed by atoms with Crippen LogP contribution in [0.3, 0.4) is 0 Å². The Morgan fingerprint density at radius 1 is 0.917 bits per heavy atom. The topological polar surface area (TPSA) is 17.8 Å². The van der Waals surface area contributed by atoms with Gasteiger partial charge in [-0.25, -0.2) is 22.5 Å². The molecule has 0 atom stereocenters. The third-order valence-electron chi connectivity index (χ3n) is 3.44. The zero-order chi connectivity index (χ0) is 17.6. The van der Waals surface area contributed by atoms with Crippen molar-refractivity contribution in [3.8, 4) is 16.9 Å². The number of imidazole rings is 1. The Kier molecular flexibility index (Phi) is 4.27. The van der Waals surface area contributed by atoms with Gasteiger partial charge in [-0.15, -0.1) is 0 Å². The summed E-state index contributed by atoms with van der Waals surface area (Å²) in [5, 5.41) is -0.362. The van der Waals surface area contributed by atoms with Gasteiger partial charge in [0.1, 0.15) is 17.5 Å². The Hall–Kier alpha value is -2.05. The van der Waals surface area contributed by atoms with E-state index in [0.717, 1.165) is 12.1 Å². The predicted molar refractivity (Wildman–Crippen MR) is 83.6 cm³/mol. The standard InChI is InChI=1S/C16H8Cl2F4N2/c1-7-23-16(18)15(13-10(19)4-5-11(20)14(13)22)24(7)8-2-3-9(17)12(21)6-8/h2-6H,1H3. The summed E-state index contributed by atoms with van der Waals surface area (Å²) in [4.78, 5) is 3.94. The van der Waals surface area contributed by atoms with Gasteiger partial charge in [-0.3, -0.25) is 4.57 Å². The van der Waals surface area contributed by atoms with Crippen LogP contribution in [0, 0.1) is 30.2 Å². The molecule has 0 fully saturated rings. The van der Waals surface area contributed by atoms with Crippen LogP contribution in [-0.2, 0) is 0 Å². The summed E-state index contributed by atoms with van der Waals surface area (Å²) in [5.41, 5.74) is -0.715.